The fourth-order valence-electron chi connectivity index (χ4n) is 3.15. The van der Waals surface area contributed by atoms with Crippen molar-refractivity contribution in [1.82, 2.24) is 19.3 Å². The Balaban J connectivity index is 1.84. The molecule has 0 unspecified atom stereocenters. The molecule has 0 atom stereocenters. The van der Waals surface area contributed by atoms with E-state index in [-0.39, 0.29) is 6.54 Å². The number of hydrogen-bond donors (Lipinski definition) is 2. The highest BCUT2D eigenvalue weighted by Gasteiger charge is 2.14. The van der Waals surface area contributed by atoms with Crippen molar-refractivity contribution >= 4 is 32.8 Å². The lowest BCUT2D eigenvalue weighted by Crippen LogP contribution is -2.10. The number of ether oxygens (including phenoxy) is 2. The lowest BCUT2D eigenvalue weighted by molar-refractivity contribution is 0.356. The van der Waals surface area contributed by atoms with Crippen molar-refractivity contribution in [3.8, 4) is 17.2 Å². The summed E-state index contributed by atoms with van der Waals surface area (Å²) in [5.74, 6) is 1.23. The second kappa shape index (κ2) is 7.45. The van der Waals surface area contributed by atoms with Crippen LogP contribution in [-0.4, -0.2) is 37.2 Å². The molecule has 0 saturated heterocycles. The molecular weight excluding hydrogens is 380 g/mol. The van der Waals surface area contributed by atoms with E-state index in [1.54, 1.807) is 26.7 Å². The minimum atomic E-state index is -2.61. The first-order valence-corrected chi connectivity index (χ1v) is 9.63. The van der Waals surface area contributed by atoms with Gasteiger partial charge in [0.15, 0.2) is 11.5 Å². The van der Waals surface area contributed by atoms with E-state index < -0.39 is 10.9 Å². The first-order chi connectivity index (χ1) is 13.6. The third-order valence-electron chi connectivity index (χ3n) is 4.51. The molecule has 0 aliphatic heterocycles. The second-order valence-electron chi connectivity index (χ2n) is 6.09. The van der Waals surface area contributed by atoms with Crippen molar-refractivity contribution in [2.24, 2.45) is 0 Å². The summed E-state index contributed by atoms with van der Waals surface area (Å²) >= 11 is 0. The zero-order valence-corrected chi connectivity index (χ0v) is 16.1. The summed E-state index contributed by atoms with van der Waals surface area (Å²) in [6.07, 6.45) is 3.47. The number of benzene rings is 2. The van der Waals surface area contributed by atoms with Crippen LogP contribution in [0.25, 0.3) is 27.6 Å². The number of hydrogen-bond acceptors (Lipinski definition) is 6. The summed E-state index contributed by atoms with van der Waals surface area (Å²) in [6.45, 7) is 0.257. The van der Waals surface area contributed by atoms with Gasteiger partial charge in [0.25, 0.3) is 0 Å². The number of nitrogens with zero attached hydrogens (tertiary/aromatic N) is 3. The first kappa shape index (κ1) is 18.2. The molecule has 0 aliphatic carbocycles. The number of nitrogens with one attached hydrogen (secondary N) is 1. The molecule has 0 aliphatic rings. The fourth-order valence-corrected chi connectivity index (χ4v) is 3.46. The Morgan fingerprint density at radius 3 is 2.39 bits per heavy atom. The Bertz CT molecular complexity index is 1220. The average Bonchev–Trinajstić information content (AvgIpc) is 3.16. The largest absolute Gasteiger partial charge is 0.493 e. The maximum atomic E-state index is 10.7. The van der Waals surface area contributed by atoms with E-state index in [0.717, 1.165) is 33.2 Å². The normalized spacial score (nSPS) is 11.4. The third kappa shape index (κ3) is 3.25. The highest BCUT2D eigenvalue weighted by atomic mass is 32.2. The Hall–Kier alpha value is -3.17. The molecule has 0 saturated carbocycles. The molecule has 0 radical (unpaired) electrons. The van der Waals surface area contributed by atoms with Crippen LogP contribution in [0.1, 0.15) is 5.56 Å². The Morgan fingerprint density at radius 2 is 1.71 bits per heavy atom. The lowest BCUT2D eigenvalue weighted by atomic mass is 10.1. The predicted octanol–water partition coefficient (Wildman–Crippen LogP) is 2.21. The van der Waals surface area contributed by atoms with Crippen LogP contribution in [0, 0.1) is 0 Å². The van der Waals surface area contributed by atoms with Crippen LogP contribution in [0.5, 0.6) is 11.5 Å². The Morgan fingerprint density at radius 1 is 1.00 bits per heavy atom. The molecule has 144 valence electrons. The molecule has 2 aromatic carbocycles. The van der Waals surface area contributed by atoms with Gasteiger partial charge in [0.2, 0.25) is 10.9 Å². The highest BCUT2D eigenvalue weighted by Crippen LogP contribution is 2.35. The molecule has 0 amide bonds. The molecule has 0 fully saturated rings. The van der Waals surface area contributed by atoms with Crippen molar-refractivity contribution in [3.05, 3.63) is 54.5 Å². The van der Waals surface area contributed by atoms with Crippen molar-refractivity contribution in [1.29, 1.82) is 0 Å². The summed E-state index contributed by atoms with van der Waals surface area (Å²) in [4.78, 5) is 8.94. The zero-order chi connectivity index (χ0) is 19.7. The summed E-state index contributed by atoms with van der Waals surface area (Å²) < 4.78 is 36.5. The maximum absolute atomic E-state index is 10.7. The maximum Gasteiger partial charge on any atom is 0.201 e. The molecule has 28 heavy (non-hydrogen) atoms. The van der Waals surface area contributed by atoms with Crippen LogP contribution in [0.2, 0.25) is 0 Å². The lowest BCUT2D eigenvalue weighted by Gasteiger charge is -2.11. The molecular formula is C19H18N4O4S. The number of aromatic nitrogens is 3. The number of rotatable bonds is 6. The molecule has 2 aromatic heterocycles. The molecule has 4 rings (SSSR count). The van der Waals surface area contributed by atoms with E-state index in [4.69, 9.17) is 9.47 Å². The van der Waals surface area contributed by atoms with Gasteiger partial charge in [-0.05, 0) is 23.8 Å². The number of fused-ring (bicyclic) bond motifs is 3. The van der Waals surface area contributed by atoms with Gasteiger partial charge in [0.05, 0.1) is 31.4 Å². The third-order valence-corrected chi connectivity index (χ3v) is 4.92. The standard InChI is InChI=1S/C19H18N4O4S/c1-26-17-7-14-15(8-18(17)27-2)20-10-16-19(14)23(11-21-16)13-5-3-12(4-6-13)9-22-28(24)25/h3-8,10-11,28H,9H2,1-2H3,(H,22,24,25). The van der Waals surface area contributed by atoms with Crippen LogP contribution >= 0.6 is 0 Å². The molecule has 8 nitrogen and oxygen atoms in total. The molecule has 9 heteroatoms. The van der Waals surface area contributed by atoms with Gasteiger partial charge in [-0.15, -0.1) is 0 Å². The van der Waals surface area contributed by atoms with E-state index in [2.05, 4.69) is 14.7 Å². The van der Waals surface area contributed by atoms with E-state index in [9.17, 15) is 8.42 Å². The number of imidazole rings is 1. The van der Waals surface area contributed by atoms with Gasteiger partial charge < -0.3 is 9.47 Å². The topological polar surface area (TPSA) is 95.3 Å². The molecule has 4 aromatic rings. The predicted molar refractivity (Wildman–Crippen MR) is 107 cm³/mol. The van der Waals surface area contributed by atoms with E-state index >= 15 is 0 Å². The smallest absolute Gasteiger partial charge is 0.201 e. The monoisotopic (exact) mass is 398 g/mol. The van der Waals surface area contributed by atoms with Crippen LogP contribution in [0.15, 0.2) is 48.9 Å². The van der Waals surface area contributed by atoms with Gasteiger partial charge in [-0.2, -0.15) is 0 Å². The van der Waals surface area contributed by atoms with E-state index in [1.807, 2.05) is 41.0 Å². The minimum absolute atomic E-state index is 0.257. The van der Waals surface area contributed by atoms with Gasteiger partial charge in [0.1, 0.15) is 11.8 Å². The first-order valence-electron chi connectivity index (χ1n) is 8.45. The Labute approximate surface area is 162 Å². The number of methoxy groups -OCH3 is 2. The molecule has 2 heterocycles. The quantitative estimate of drug-likeness (QED) is 0.484. The summed E-state index contributed by atoms with van der Waals surface area (Å²) in [7, 11) is 0.569. The molecule has 0 bridgehead atoms. The van der Waals surface area contributed by atoms with Crippen LogP contribution in [-0.2, 0) is 17.4 Å². The van der Waals surface area contributed by atoms with Crippen molar-refractivity contribution in [2.75, 3.05) is 14.2 Å². The van der Waals surface area contributed by atoms with Crippen LogP contribution in [0.3, 0.4) is 0 Å². The van der Waals surface area contributed by atoms with E-state index in [1.165, 1.54) is 0 Å². The number of pyridine rings is 1. The molecule has 0 spiro atoms. The highest BCUT2D eigenvalue weighted by molar-refractivity contribution is 7.70. The van der Waals surface area contributed by atoms with Gasteiger partial charge in [-0.1, -0.05) is 12.1 Å². The van der Waals surface area contributed by atoms with Gasteiger partial charge in [-0.25, -0.2) is 18.1 Å². The summed E-state index contributed by atoms with van der Waals surface area (Å²) in [5, 5.41) is 0.891. The second-order valence-corrected chi connectivity index (χ2v) is 6.92. The van der Waals surface area contributed by atoms with Crippen LogP contribution < -0.4 is 14.2 Å². The van der Waals surface area contributed by atoms with Crippen molar-refractivity contribution in [2.45, 2.75) is 6.54 Å². The Kier molecular flexibility index (Phi) is 4.84. The molecule has 1 N–H and O–H groups in total. The summed E-state index contributed by atoms with van der Waals surface area (Å²) in [5.41, 5.74) is 4.20. The van der Waals surface area contributed by atoms with Crippen molar-refractivity contribution < 1.29 is 17.9 Å². The van der Waals surface area contributed by atoms with Crippen molar-refractivity contribution in [3.63, 3.8) is 0 Å². The fraction of sp³-hybridized carbons (Fsp3) is 0.158. The van der Waals surface area contributed by atoms with Gasteiger partial charge in [-0.3, -0.25) is 9.55 Å². The van der Waals surface area contributed by atoms with Crippen LogP contribution in [0.4, 0.5) is 0 Å². The SMILES string of the molecule is COc1cc2ncc3ncn(-c4ccc(CN[SH](=O)=O)cc4)c3c2cc1OC. The number of thiol groups is 1. The van der Waals surface area contributed by atoms with Gasteiger partial charge >= 0.3 is 0 Å². The average molecular weight is 398 g/mol. The zero-order valence-electron chi connectivity index (χ0n) is 15.2. The van der Waals surface area contributed by atoms with Gasteiger partial charge in [0, 0.05) is 23.7 Å². The minimum Gasteiger partial charge on any atom is -0.493 e. The van der Waals surface area contributed by atoms with E-state index in [0.29, 0.717) is 11.5 Å². The summed E-state index contributed by atoms with van der Waals surface area (Å²) in [6, 6.07) is 11.3.